The van der Waals surface area contributed by atoms with Gasteiger partial charge in [-0.2, -0.15) is 0 Å². The predicted octanol–water partition coefficient (Wildman–Crippen LogP) is 3.15. The molecule has 1 heterocycles. The van der Waals surface area contributed by atoms with Gasteiger partial charge in [-0.05, 0) is 52.3 Å². The molecule has 0 amide bonds. The minimum Gasteiger partial charge on any atom is -0.386 e. The molecule has 0 saturated carbocycles. The van der Waals surface area contributed by atoms with Crippen LogP contribution < -0.4 is 0 Å². The molecule has 3 nitrogen and oxygen atoms in total. The first kappa shape index (κ1) is 12.1. The summed E-state index contributed by atoms with van der Waals surface area (Å²) in [5.41, 5.74) is 2.17. The normalized spacial score (nSPS) is 12.6. The lowest BCUT2D eigenvalue weighted by atomic mass is 9.98. The summed E-state index contributed by atoms with van der Waals surface area (Å²) in [5, 5.41) is 10.00. The molecule has 0 radical (unpaired) electrons. The van der Waals surface area contributed by atoms with Crippen LogP contribution in [0, 0.1) is 6.92 Å². The Morgan fingerprint density at radius 1 is 1.29 bits per heavy atom. The van der Waals surface area contributed by atoms with Gasteiger partial charge >= 0.3 is 0 Å². The van der Waals surface area contributed by atoms with E-state index in [1.165, 1.54) is 0 Å². The third kappa shape index (κ3) is 2.07. The van der Waals surface area contributed by atoms with Crippen molar-refractivity contribution in [1.29, 1.82) is 0 Å². The molecule has 0 aliphatic heterocycles. The van der Waals surface area contributed by atoms with E-state index in [-0.39, 0.29) is 0 Å². The highest BCUT2D eigenvalue weighted by atomic mass is 16.3. The average molecular weight is 232 g/mol. The van der Waals surface area contributed by atoms with Crippen LogP contribution in [0.3, 0.4) is 0 Å². The number of aromatic nitrogens is 2. The van der Waals surface area contributed by atoms with Crippen molar-refractivity contribution < 1.29 is 5.11 Å². The monoisotopic (exact) mass is 232 g/mol. The standard InChI is InChI=1S/C14H20N2O/c1-9(2)16-10(3)15-12-8-11(14(4,5)17)6-7-13(12)16/h6-9,17H,1-5H3. The summed E-state index contributed by atoms with van der Waals surface area (Å²) in [6.07, 6.45) is 0. The fourth-order valence-corrected chi connectivity index (χ4v) is 2.25. The van der Waals surface area contributed by atoms with E-state index in [1.54, 1.807) is 13.8 Å². The molecular weight excluding hydrogens is 212 g/mol. The van der Waals surface area contributed by atoms with E-state index in [0.717, 1.165) is 22.4 Å². The summed E-state index contributed by atoms with van der Waals surface area (Å²) in [6.45, 7) is 9.90. The van der Waals surface area contributed by atoms with Gasteiger partial charge in [-0.3, -0.25) is 0 Å². The van der Waals surface area contributed by atoms with Crippen molar-refractivity contribution >= 4 is 11.0 Å². The molecule has 0 unspecified atom stereocenters. The average Bonchev–Trinajstić information content (AvgIpc) is 2.50. The molecule has 3 heteroatoms. The Hall–Kier alpha value is -1.35. The zero-order valence-electron chi connectivity index (χ0n) is 11.2. The third-order valence-electron chi connectivity index (χ3n) is 3.09. The Morgan fingerprint density at radius 2 is 1.94 bits per heavy atom. The number of fused-ring (bicyclic) bond motifs is 1. The summed E-state index contributed by atoms with van der Waals surface area (Å²) in [4.78, 5) is 4.56. The van der Waals surface area contributed by atoms with Crippen LogP contribution in [-0.4, -0.2) is 14.7 Å². The van der Waals surface area contributed by atoms with E-state index in [0.29, 0.717) is 6.04 Å². The van der Waals surface area contributed by atoms with Crippen molar-refractivity contribution in [1.82, 2.24) is 9.55 Å². The summed E-state index contributed by atoms with van der Waals surface area (Å²) < 4.78 is 2.21. The van der Waals surface area contributed by atoms with Gasteiger partial charge in [0.2, 0.25) is 0 Å². The topological polar surface area (TPSA) is 38.1 Å². The van der Waals surface area contributed by atoms with Crippen LogP contribution in [0.15, 0.2) is 18.2 Å². The molecule has 2 aromatic rings. The largest absolute Gasteiger partial charge is 0.386 e. The lowest BCUT2D eigenvalue weighted by Crippen LogP contribution is -2.15. The summed E-state index contributed by atoms with van der Waals surface area (Å²) in [7, 11) is 0. The molecule has 2 rings (SSSR count). The fraction of sp³-hybridized carbons (Fsp3) is 0.500. The van der Waals surface area contributed by atoms with Gasteiger partial charge in [0.05, 0.1) is 16.6 Å². The lowest BCUT2D eigenvalue weighted by Gasteiger charge is -2.17. The first-order valence-electron chi connectivity index (χ1n) is 6.02. The summed E-state index contributed by atoms with van der Waals surface area (Å²) in [5.74, 6) is 1.02. The van der Waals surface area contributed by atoms with Crippen molar-refractivity contribution in [2.75, 3.05) is 0 Å². The zero-order chi connectivity index (χ0) is 12.8. The van der Waals surface area contributed by atoms with E-state index < -0.39 is 5.60 Å². The van der Waals surface area contributed by atoms with Gasteiger partial charge in [-0.15, -0.1) is 0 Å². The second-order valence-electron chi connectivity index (χ2n) is 5.39. The second kappa shape index (κ2) is 3.84. The number of aliphatic hydroxyl groups is 1. The molecule has 0 fully saturated rings. The zero-order valence-corrected chi connectivity index (χ0v) is 11.2. The molecule has 1 aromatic heterocycles. The highest BCUT2D eigenvalue weighted by Gasteiger charge is 2.18. The Morgan fingerprint density at radius 3 is 2.47 bits per heavy atom. The molecule has 0 bridgehead atoms. The molecule has 17 heavy (non-hydrogen) atoms. The van der Waals surface area contributed by atoms with Gasteiger partial charge in [0.25, 0.3) is 0 Å². The minimum atomic E-state index is -0.816. The SMILES string of the molecule is Cc1nc2cc(C(C)(C)O)ccc2n1C(C)C. The van der Waals surface area contributed by atoms with Gasteiger partial charge in [0, 0.05) is 6.04 Å². The van der Waals surface area contributed by atoms with Gasteiger partial charge < -0.3 is 9.67 Å². The number of hydrogen-bond acceptors (Lipinski definition) is 2. The van der Waals surface area contributed by atoms with Crippen molar-refractivity contribution in [3.05, 3.63) is 29.6 Å². The Balaban J connectivity index is 2.66. The van der Waals surface area contributed by atoms with Crippen LogP contribution in [0.25, 0.3) is 11.0 Å². The smallest absolute Gasteiger partial charge is 0.106 e. The molecule has 0 aliphatic carbocycles. The van der Waals surface area contributed by atoms with E-state index in [4.69, 9.17) is 0 Å². The molecular formula is C14H20N2O. The van der Waals surface area contributed by atoms with Crippen molar-refractivity contribution in [3.63, 3.8) is 0 Å². The number of aryl methyl sites for hydroxylation is 1. The van der Waals surface area contributed by atoms with Crippen LogP contribution in [0.1, 0.15) is 45.1 Å². The highest BCUT2D eigenvalue weighted by Crippen LogP contribution is 2.26. The number of imidazole rings is 1. The highest BCUT2D eigenvalue weighted by molar-refractivity contribution is 5.77. The van der Waals surface area contributed by atoms with E-state index in [9.17, 15) is 5.11 Å². The van der Waals surface area contributed by atoms with Gasteiger partial charge in [-0.25, -0.2) is 4.98 Å². The Labute approximate surface area is 102 Å². The van der Waals surface area contributed by atoms with Gasteiger partial charge in [0.1, 0.15) is 5.82 Å². The minimum absolute atomic E-state index is 0.396. The van der Waals surface area contributed by atoms with Crippen LogP contribution in [0.4, 0.5) is 0 Å². The summed E-state index contributed by atoms with van der Waals surface area (Å²) >= 11 is 0. The first-order chi connectivity index (χ1) is 7.80. The maximum absolute atomic E-state index is 10.00. The molecule has 92 valence electrons. The third-order valence-corrected chi connectivity index (χ3v) is 3.09. The van der Waals surface area contributed by atoms with E-state index in [2.05, 4.69) is 23.4 Å². The second-order valence-corrected chi connectivity index (χ2v) is 5.39. The summed E-state index contributed by atoms with van der Waals surface area (Å²) in [6, 6.07) is 6.39. The Kier molecular flexibility index (Phi) is 2.74. The number of nitrogens with zero attached hydrogens (tertiary/aromatic N) is 2. The molecule has 0 atom stereocenters. The van der Waals surface area contributed by atoms with Crippen molar-refractivity contribution in [2.45, 2.75) is 46.3 Å². The lowest BCUT2D eigenvalue weighted by molar-refractivity contribution is 0.0787. The quantitative estimate of drug-likeness (QED) is 0.863. The Bertz CT molecular complexity index is 547. The first-order valence-corrected chi connectivity index (χ1v) is 6.02. The van der Waals surface area contributed by atoms with Gasteiger partial charge in [0.15, 0.2) is 0 Å². The molecule has 0 saturated heterocycles. The van der Waals surface area contributed by atoms with Crippen LogP contribution in [0.5, 0.6) is 0 Å². The van der Waals surface area contributed by atoms with Gasteiger partial charge in [-0.1, -0.05) is 6.07 Å². The van der Waals surface area contributed by atoms with E-state index in [1.807, 2.05) is 25.1 Å². The maximum Gasteiger partial charge on any atom is 0.106 e. The number of benzene rings is 1. The van der Waals surface area contributed by atoms with Crippen LogP contribution in [-0.2, 0) is 5.60 Å². The number of hydrogen-bond donors (Lipinski definition) is 1. The van der Waals surface area contributed by atoms with Crippen molar-refractivity contribution in [2.24, 2.45) is 0 Å². The maximum atomic E-state index is 10.00. The van der Waals surface area contributed by atoms with E-state index >= 15 is 0 Å². The molecule has 1 N–H and O–H groups in total. The van der Waals surface area contributed by atoms with Crippen LogP contribution >= 0.6 is 0 Å². The van der Waals surface area contributed by atoms with Crippen molar-refractivity contribution in [3.8, 4) is 0 Å². The molecule has 0 spiro atoms. The molecule has 0 aliphatic rings. The van der Waals surface area contributed by atoms with Crippen LogP contribution in [0.2, 0.25) is 0 Å². The molecule has 1 aromatic carbocycles. The predicted molar refractivity (Wildman–Crippen MR) is 70.1 cm³/mol. The fourth-order valence-electron chi connectivity index (χ4n) is 2.25. The number of rotatable bonds is 2.